The molecular formula is C16H23N3O. The maximum absolute atomic E-state index is 11.8. The number of aromatic nitrogens is 1. The molecule has 0 aliphatic rings. The van der Waals surface area contributed by atoms with Gasteiger partial charge in [0, 0.05) is 28.7 Å². The molecule has 0 fully saturated rings. The molecule has 0 aliphatic heterocycles. The van der Waals surface area contributed by atoms with Gasteiger partial charge in [0.1, 0.15) is 0 Å². The van der Waals surface area contributed by atoms with Crippen LogP contribution >= 0.6 is 0 Å². The molecule has 20 heavy (non-hydrogen) atoms. The van der Waals surface area contributed by atoms with Gasteiger partial charge in [0.2, 0.25) is 0 Å². The van der Waals surface area contributed by atoms with Gasteiger partial charge in [-0.3, -0.25) is 0 Å². The number of rotatable bonds is 4. The second-order valence-corrected chi connectivity index (χ2v) is 6.17. The van der Waals surface area contributed by atoms with E-state index < -0.39 is 0 Å². The van der Waals surface area contributed by atoms with E-state index >= 15 is 0 Å². The van der Waals surface area contributed by atoms with Crippen LogP contribution in [0.4, 0.5) is 4.79 Å². The number of fused-ring (bicyclic) bond motifs is 1. The lowest BCUT2D eigenvalue weighted by Gasteiger charge is -2.27. The van der Waals surface area contributed by atoms with Crippen molar-refractivity contribution < 1.29 is 4.79 Å². The van der Waals surface area contributed by atoms with E-state index in [1.807, 2.05) is 46.0 Å². The number of carbonyl (C=O) groups excluding carboxylic acids is 1. The molecule has 2 aromatic rings. The van der Waals surface area contributed by atoms with E-state index in [0.717, 1.165) is 11.9 Å². The Balaban J connectivity index is 2.09. The standard InChI is InChI=1S/C16H23N3O/c1-11(2)18-15(20)19-16(3,4)9-12-10-17-14-8-6-5-7-13(12)14/h5-8,10-11,17H,9H2,1-4H3,(H2,18,19,20). The molecule has 3 N–H and O–H groups in total. The van der Waals surface area contributed by atoms with E-state index in [9.17, 15) is 4.79 Å². The summed E-state index contributed by atoms with van der Waals surface area (Å²) in [6, 6.07) is 8.23. The average Bonchev–Trinajstić information content (AvgIpc) is 2.70. The molecule has 4 heteroatoms. The quantitative estimate of drug-likeness (QED) is 0.787. The predicted molar refractivity (Wildman–Crippen MR) is 82.9 cm³/mol. The van der Waals surface area contributed by atoms with Crippen molar-refractivity contribution in [2.24, 2.45) is 0 Å². The fourth-order valence-corrected chi connectivity index (χ4v) is 2.40. The van der Waals surface area contributed by atoms with Crippen LogP contribution in [0.25, 0.3) is 10.9 Å². The molecule has 4 nitrogen and oxygen atoms in total. The van der Waals surface area contributed by atoms with Crippen LogP contribution < -0.4 is 10.6 Å². The highest BCUT2D eigenvalue weighted by Crippen LogP contribution is 2.22. The number of nitrogens with one attached hydrogen (secondary N) is 3. The van der Waals surface area contributed by atoms with E-state index in [-0.39, 0.29) is 17.6 Å². The van der Waals surface area contributed by atoms with Gasteiger partial charge < -0.3 is 15.6 Å². The fraction of sp³-hybridized carbons (Fsp3) is 0.438. The predicted octanol–water partition coefficient (Wildman–Crippen LogP) is 3.20. The molecule has 1 heterocycles. The average molecular weight is 273 g/mol. The number of H-pyrrole nitrogens is 1. The van der Waals surface area contributed by atoms with E-state index in [1.165, 1.54) is 10.9 Å². The maximum Gasteiger partial charge on any atom is 0.315 e. The maximum atomic E-state index is 11.8. The third-order valence-electron chi connectivity index (χ3n) is 3.18. The minimum Gasteiger partial charge on any atom is -0.361 e. The van der Waals surface area contributed by atoms with Crippen LogP contribution in [0.2, 0.25) is 0 Å². The molecule has 1 aromatic carbocycles. The van der Waals surface area contributed by atoms with Crippen molar-refractivity contribution >= 4 is 16.9 Å². The van der Waals surface area contributed by atoms with Crippen LogP contribution in [0.1, 0.15) is 33.3 Å². The number of benzene rings is 1. The second kappa shape index (κ2) is 5.57. The largest absolute Gasteiger partial charge is 0.361 e. The summed E-state index contributed by atoms with van der Waals surface area (Å²) in [5.74, 6) is 0. The Hall–Kier alpha value is -1.97. The monoisotopic (exact) mass is 273 g/mol. The molecule has 0 saturated carbocycles. The molecule has 0 radical (unpaired) electrons. The first-order valence-electron chi connectivity index (χ1n) is 7.01. The van der Waals surface area contributed by atoms with Crippen LogP contribution in [0.15, 0.2) is 30.5 Å². The zero-order valence-corrected chi connectivity index (χ0v) is 12.6. The lowest BCUT2D eigenvalue weighted by Crippen LogP contribution is -2.51. The lowest BCUT2D eigenvalue weighted by molar-refractivity contribution is 0.227. The van der Waals surface area contributed by atoms with Gasteiger partial charge in [0.15, 0.2) is 0 Å². The Kier molecular flexibility index (Phi) is 4.02. The van der Waals surface area contributed by atoms with Gasteiger partial charge in [-0.25, -0.2) is 4.79 Å². The number of hydrogen-bond donors (Lipinski definition) is 3. The molecule has 2 amide bonds. The van der Waals surface area contributed by atoms with E-state index in [2.05, 4.69) is 27.8 Å². The first kappa shape index (κ1) is 14.4. The Morgan fingerprint density at radius 2 is 2.00 bits per heavy atom. The van der Waals surface area contributed by atoms with Crippen LogP contribution in [0, 0.1) is 0 Å². The van der Waals surface area contributed by atoms with Crippen molar-refractivity contribution in [3.63, 3.8) is 0 Å². The Bertz CT molecular complexity index is 599. The number of para-hydroxylation sites is 1. The summed E-state index contributed by atoms with van der Waals surface area (Å²) in [6.07, 6.45) is 2.80. The minimum atomic E-state index is -0.302. The molecule has 0 unspecified atom stereocenters. The van der Waals surface area contributed by atoms with Crippen LogP contribution in [-0.2, 0) is 6.42 Å². The molecule has 108 valence electrons. The highest BCUT2D eigenvalue weighted by atomic mass is 16.2. The summed E-state index contributed by atoms with van der Waals surface area (Å²) < 4.78 is 0. The van der Waals surface area contributed by atoms with Gasteiger partial charge >= 0.3 is 6.03 Å². The first-order valence-corrected chi connectivity index (χ1v) is 7.01. The number of amides is 2. The molecule has 0 saturated heterocycles. The third kappa shape index (κ3) is 3.53. The number of aromatic amines is 1. The zero-order valence-electron chi connectivity index (χ0n) is 12.6. The number of carbonyl (C=O) groups is 1. The summed E-state index contributed by atoms with van der Waals surface area (Å²) in [5, 5.41) is 7.10. The van der Waals surface area contributed by atoms with Gasteiger partial charge in [-0.1, -0.05) is 18.2 Å². The lowest BCUT2D eigenvalue weighted by atomic mass is 9.95. The van der Waals surface area contributed by atoms with Gasteiger partial charge in [-0.05, 0) is 45.7 Å². The normalized spacial score (nSPS) is 11.8. The fourth-order valence-electron chi connectivity index (χ4n) is 2.40. The molecule has 0 spiro atoms. The van der Waals surface area contributed by atoms with Gasteiger partial charge in [0.25, 0.3) is 0 Å². The molecule has 0 aliphatic carbocycles. The van der Waals surface area contributed by atoms with Gasteiger partial charge in [0.05, 0.1) is 0 Å². The Morgan fingerprint density at radius 3 is 2.70 bits per heavy atom. The molecular weight excluding hydrogens is 250 g/mol. The van der Waals surface area contributed by atoms with Crippen LogP contribution in [0.5, 0.6) is 0 Å². The summed E-state index contributed by atoms with van der Waals surface area (Å²) in [4.78, 5) is 15.1. The third-order valence-corrected chi connectivity index (χ3v) is 3.18. The molecule has 2 rings (SSSR count). The molecule has 0 atom stereocenters. The molecule has 1 aromatic heterocycles. The van der Waals surface area contributed by atoms with Crippen molar-refractivity contribution in [1.29, 1.82) is 0 Å². The van der Waals surface area contributed by atoms with Crippen molar-refractivity contribution in [2.45, 2.75) is 45.7 Å². The van der Waals surface area contributed by atoms with Crippen molar-refractivity contribution in [1.82, 2.24) is 15.6 Å². The highest BCUT2D eigenvalue weighted by Gasteiger charge is 2.22. The van der Waals surface area contributed by atoms with Crippen molar-refractivity contribution in [3.05, 3.63) is 36.0 Å². The van der Waals surface area contributed by atoms with E-state index in [4.69, 9.17) is 0 Å². The Labute approximate surface area is 120 Å². The number of hydrogen-bond acceptors (Lipinski definition) is 1. The van der Waals surface area contributed by atoms with Gasteiger partial charge in [-0.2, -0.15) is 0 Å². The van der Waals surface area contributed by atoms with Crippen molar-refractivity contribution in [2.75, 3.05) is 0 Å². The van der Waals surface area contributed by atoms with Gasteiger partial charge in [-0.15, -0.1) is 0 Å². The van der Waals surface area contributed by atoms with E-state index in [1.54, 1.807) is 0 Å². The van der Waals surface area contributed by atoms with Crippen LogP contribution in [0.3, 0.4) is 0 Å². The Morgan fingerprint density at radius 1 is 1.30 bits per heavy atom. The van der Waals surface area contributed by atoms with Crippen molar-refractivity contribution in [3.8, 4) is 0 Å². The molecule has 0 bridgehead atoms. The number of urea groups is 1. The summed E-state index contributed by atoms with van der Waals surface area (Å²) >= 11 is 0. The summed E-state index contributed by atoms with van der Waals surface area (Å²) in [7, 11) is 0. The summed E-state index contributed by atoms with van der Waals surface area (Å²) in [5.41, 5.74) is 2.05. The summed E-state index contributed by atoms with van der Waals surface area (Å²) in [6.45, 7) is 7.97. The SMILES string of the molecule is CC(C)NC(=O)NC(C)(C)Cc1c[nH]c2ccccc12. The minimum absolute atomic E-state index is 0.121. The second-order valence-electron chi connectivity index (χ2n) is 6.17. The highest BCUT2D eigenvalue weighted by molar-refractivity contribution is 5.83. The van der Waals surface area contributed by atoms with E-state index in [0.29, 0.717) is 0 Å². The topological polar surface area (TPSA) is 56.9 Å². The zero-order chi connectivity index (χ0) is 14.8. The first-order chi connectivity index (χ1) is 9.37. The smallest absolute Gasteiger partial charge is 0.315 e. The van der Waals surface area contributed by atoms with Crippen LogP contribution in [-0.4, -0.2) is 22.6 Å².